The largest absolute Gasteiger partial charge is 0.390 e. The molecule has 8 nitrogen and oxygen atoms in total. The van der Waals surface area contributed by atoms with E-state index in [1.54, 1.807) is 4.57 Å². The van der Waals surface area contributed by atoms with Gasteiger partial charge in [-0.2, -0.15) is 9.97 Å². The van der Waals surface area contributed by atoms with Gasteiger partial charge in [0.25, 0.3) is 0 Å². The maximum atomic E-state index is 9.45. The third-order valence-electron chi connectivity index (χ3n) is 2.19. The fourth-order valence-corrected chi connectivity index (χ4v) is 1.42. The number of aliphatic hydroxyl groups is 1. The summed E-state index contributed by atoms with van der Waals surface area (Å²) >= 11 is 0. The van der Waals surface area contributed by atoms with Crippen molar-refractivity contribution in [3.63, 3.8) is 0 Å². The molecule has 2 aromatic heterocycles. The lowest BCUT2D eigenvalue weighted by molar-refractivity contribution is 0.163. The van der Waals surface area contributed by atoms with Gasteiger partial charge in [-0.3, -0.25) is 0 Å². The summed E-state index contributed by atoms with van der Waals surface area (Å²) in [6, 6.07) is 0. The number of anilines is 2. The van der Waals surface area contributed by atoms with Crippen molar-refractivity contribution in [3.8, 4) is 0 Å². The molecule has 0 spiro atoms. The van der Waals surface area contributed by atoms with E-state index in [1.165, 1.54) is 6.33 Å². The van der Waals surface area contributed by atoms with Crippen LogP contribution in [-0.2, 0) is 6.54 Å². The third-order valence-corrected chi connectivity index (χ3v) is 2.19. The first-order chi connectivity index (χ1) is 7.61. The molecule has 86 valence electrons. The SMILES string of the molecule is NCC(O)Cn1cnc2c(N)nc(N)nc21. The van der Waals surface area contributed by atoms with Crippen LogP contribution in [0.15, 0.2) is 6.33 Å². The summed E-state index contributed by atoms with van der Waals surface area (Å²) in [6.45, 7) is 0.457. The average molecular weight is 223 g/mol. The molecule has 0 saturated heterocycles. The van der Waals surface area contributed by atoms with E-state index in [-0.39, 0.29) is 18.3 Å². The summed E-state index contributed by atoms with van der Waals surface area (Å²) in [5.74, 6) is 0.303. The molecule has 0 aliphatic rings. The van der Waals surface area contributed by atoms with Crippen LogP contribution in [0.2, 0.25) is 0 Å². The second-order valence-corrected chi connectivity index (χ2v) is 3.43. The molecule has 0 amide bonds. The van der Waals surface area contributed by atoms with Gasteiger partial charge in [-0.05, 0) is 0 Å². The van der Waals surface area contributed by atoms with Crippen molar-refractivity contribution in [2.75, 3.05) is 18.0 Å². The molecule has 2 rings (SSSR count). The van der Waals surface area contributed by atoms with Crippen molar-refractivity contribution in [2.45, 2.75) is 12.6 Å². The molecular formula is C8H13N7O. The van der Waals surface area contributed by atoms with E-state index in [9.17, 15) is 5.11 Å². The van der Waals surface area contributed by atoms with Gasteiger partial charge in [-0.1, -0.05) is 0 Å². The fraction of sp³-hybridized carbons (Fsp3) is 0.375. The predicted octanol–water partition coefficient (Wildman–Crippen LogP) is -1.69. The lowest BCUT2D eigenvalue weighted by Gasteiger charge is -2.08. The monoisotopic (exact) mass is 223 g/mol. The Morgan fingerprint density at radius 1 is 1.38 bits per heavy atom. The number of rotatable bonds is 3. The summed E-state index contributed by atoms with van der Waals surface area (Å²) in [7, 11) is 0. The smallest absolute Gasteiger partial charge is 0.224 e. The first-order valence-corrected chi connectivity index (χ1v) is 4.73. The Hall–Kier alpha value is -1.93. The number of nitrogen functional groups attached to an aromatic ring is 2. The Morgan fingerprint density at radius 3 is 2.81 bits per heavy atom. The summed E-state index contributed by atoms with van der Waals surface area (Å²) in [6.07, 6.45) is 0.864. The second kappa shape index (κ2) is 3.91. The number of fused-ring (bicyclic) bond motifs is 1. The molecule has 0 radical (unpaired) electrons. The molecule has 16 heavy (non-hydrogen) atoms. The lowest BCUT2D eigenvalue weighted by Crippen LogP contribution is -2.25. The Morgan fingerprint density at radius 2 is 2.12 bits per heavy atom. The lowest BCUT2D eigenvalue weighted by atomic mass is 10.3. The van der Waals surface area contributed by atoms with Gasteiger partial charge in [0.1, 0.15) is 5.52 Å². The summed E-state index contributed by atoms with van der Waals surface area (Å²) < 4.78 is 1.64. The Bertz CT molecular complexity index is 508. The molecular weight excluding hydrogens is 210 g/mol. The number of aromatic nitrogens is 4. The maximum absolute atomic E-state index is 9.45. The van der Waals surface area contributed by atoms with Gasteiger partial charge in [0.05, 0.1) is 19.0 Å². The van der Waals surface area contributed by atoms with Crippen molar-refractivity contribution in [1.29, 1.82) is 0 Å². The first-order valence-electron chi connectivity index (χ1n) is 4.73. The minimum absolute atomic E-state index is 0.0778. The van der Waals surface area contributed by atoms with Crippen molar-refractivity contribution in [1.82, 2.24) is 19.5 Å². The number of aliphatic hydroxyl groups excluding tert-OH is 1. The number of hydrogen-bond acceptors (Lipinski definition) is 7. The standard InChI is InChI=1S/C8H13N7O/c9-1-4(16)2-15-3-12-5-6(10)13-8(11)14-7(5)15/h3-4,16H,1-2,9H2,(H4,10,11,13,14). The molecule has 0 saturated carbocycles. The number of nitrogens with zero attached hydrogens (tertiary/aromatic N) is 4. The molecule has 0 bridgehead atoms. The van der Waals surface area contributed by atoms with E-state index in [0.29, 0.717) is 17.7 Å². The first kappa shape index (κ1) is 10.6. The minimum Gasteiger partial charge on any atom is -0.390 e. The van der Waals surface area contributed by atoms with Gasteiger partial charge in [0.2, 0.25) is 5.95 Å². The molecule has 1 unspecified atom stereocenters. The van der Waals surface area contributed by atoms with Crippen molar-refractivity contribution in [2.24, 2.45) is 5.73 Å². The fourth-order valence-electron chi connectivity index (χ4n) is 1.42. The number of hydrogen-bond donors (Lipinski definition) is 4. The van der Waals surface area contributed by atoms with Crippen LogP contribution in [0.5, 0.6) is 0 Å². The zero-order chi connectivity index (χ0) is 11.7. The van der Waals surface area contributed by atoms with Crippen LogP contribution in [0.25, 0.3) is 11.2 Å². The molecule has 0 aliphatic carbocycles. The van der Waals surface area contributed by atoms with Gasteiger partial charge in [-0.15, -0.1) is 0 Å². The zero-order valence-electron chi connectivity index (χ0n) is 8.54. The Balaban J connectivity index is 2.47. The minimum atomic E-state index is -0.658. The van der Waals surface area contributed by atoms with Crippen LogP contribution in [0.4, 0.5) is 11.8 Å². The molecule has 0 aliphatic heterocycles. The van der Waals surface area contributed by atoms with Crippen molar-refractivity contribution in [3.05, 3.63) is 6.33 Å². The maximum Gasteiger partial charge on any atom is 0.224 e. The van der Waals surface area contributed by atoms with Crippen LogP contribution in [0, 0.1) is 0 Å². The van der Waals surface area contributed by atoms with E-state index in [0.717, 1.165) is 0 Å². The molecule has 2 aromatic rings. The summed E-state index contributed by atoms with van der Waals surface area (Å²) in [4.78, 5) is 11.9. The van der Waals surface area contributed by atoms with Crippen LogP contribution in [0.1, 0.15) is 0 Å². The molecule has 8 heteroatoms. The highest BCUT2D eigenvalue weighted by atomic mass is 16.3. The summed E-state index contributed by atoms with van der Waals surface area (Å²) in [5.41, 5.74) is 17.4. The third kappa shape index (κ3) is 1.75. The highest BCUT2D eigenvalue weighted by molar-refractivity contribution is 5.82. The van der Waals surface area contributed by atoms with E-state index in [2.05, 4.69) is 15.0 Å². The van der Waals surface area contributed by atoms with Gasteiger partial charge in [0.15, 0.2) is 11.5 Å². The topological polar surface area (TPSA) is 142 Å². The van der Waals surface area contributed by atoms with Crippen molar-refractivity contribution < 1.29 is 5.11 Å². The van der Waals surface area contributed by atoms with E-state index in [1.807, 2.05) is 0 Å². The second-order valence-electron chi connectivity index (χ2n) is 3.43. The predicted molar refractivity (Wildman–Crippen MR) is 59.2 cm³/mol. The molecule has 0 aromatic carbocycles. The van der Waals surface area contributed by atoms with Gasteiger partial charge < -0.3 is 26.9 Å². The average Bonchev–Trinajstić information content (AvgIpc) is 2.61. The van der Waals surface area contributed by atoms with E-state index < -0.39 is 6.10 Å². The van der Waals surface area contributed by atoms with Crippen LogP contribution in [0.3, 0.4) is 0 Å². The van der Waals surface area contributed by atoms with Crippen LogP contribution >= 0.6 is 0 Å². The van der Waals surface area contributed by atoms with E-state index >= 15 is 0 Å². The Labute approximate surface area is 91.1 Å². The highest BCUT2D eigenvalue weighted by Gasteiger charge is 2.11. The van der Waals surface area contributed by atoms with Gasteiger partial charge in [-0.25, -0.2) is 4.98 Å². The highest BCUT2D eigenvalue weighted by Crippen LogP contribution is 2.16. The molecule has 0 fully saturated rings. The van der Waals surface area contributed by atoms with Crippen LogP contribution < -0.4 is 17.2 Å². The number of nitrogens with two attached hydrogens (primary N) is 3. The molecule has 1 atom stereocenters. The number of imidazole rings is 1. The van der Waals surface area contributed by atoms with E-state index in [4.69, 9.17) is 17.2 Å². The van der Waals surface area contributed by atoms with Gasteiger partial charge in [0, 0.05) is 6.54 Å². The normalized spacial score (nSPS) is 13.1. The van der Waals surface area contributed by atoms with Crippen molar-refractivity contribution >= 4 is 22.9 Å². The Kier molecular flexibility index (Phi) is 2.59. The molecule has 7 N–H and O–H groups in total. The zero-order valence-corrected chi connectivity index (χ0v) is 8.54. The van der Waals surface area contributed by atoms with Gasteiger partial charge >= 0.3 is 0 Å². The van der Waals surface area contributed by atoms with Crippen LogP contribution in [-0.4, -0.2) is 37.3 Å². The quantitative estimate of drug-likeness (QED) is 0.486. The molecule has 2 heterocycles. The summed E-state index contributed by atoms with van der Waals surface area (Å²) in [5, 5.41) is 9.45.